The normalized spacial score (nSPS) is 17.6. The highest BCUT2D eigenvalue weighted by Gasteiger charge is 2.44. The number of ketones is 1. The molecule has 1 fully saturated rings. The van der Waals surface area contributed by atoms with E-state index in [1.165, 1.54) is 12.7 Å². The molecule has 38 heavy (non-hydrogen) atoms. The van der Waals surface area contributed by atoms with Crippen LogP contribution < -0.4 is 5.73 Å². The molecule has 0 radical (unpaired) electrons. The van der Waals surface area contributed by atoms with Gasteiger partial charge in [0.15, 0.2) is 5.78 Å². The van der Waals surface area contributed by atoms with E-state index in [1.807, 2.05) is 54.6 Å². The van der Waals surface area contributed by atoms with Crippen LogP contribution in [0.25, 0.3) is 11.1 Å². The van der Waals surface area contributed by atoms with Crippen LogP contribution in [0.1, 0.15) is 40.7 Å². The molecule has 1 saturated heterocycles. The Morgan fingerprint density at radius 1 is 1.05 bits per heavy atom. The predicted octanol–water partition coefficient (Wildman–Crippen LogP) is 4.15. The smallest absolute Gasteiger partial charge is 0.306 e. The van der Waals surface area contributed by atoms with E-state index < -0.39 is 24.0 Å². The molecule has 3 atom stereocenters. The number of carbonyl (C=O) groups excluding carboxylic acids is 3. The van der Waals surface area contributed by atoms with E-state index in [0.29, 0.717) is 30.5 Å². The molecule has 3 aromatic rings. The number of methoxy groups -OCH3 is 1. The molecule has 1 unspecified atom stereocenters. The molecule has 1 aliphatic heterocycles. The van der Waals surface area contributed by atoms with Gasteiger partial charge in [0.1, 0.15) is 0 Å². The standard InChI is InChI=1S/C31H31N3O4/c1-38-28(35)19-26-18-27(34(31(26)37)16-6-10-21-7-3-2-4-8-21)29(33)30(36)24-14-12-23(13-15-24)25-11-5-9-22(17-25)20-32/h2-5,7-9,11-15,17,26-27,29H,6,10,16,18-19,33H2,1H3/t26-,27-,29?/m0/s1. The fraction of sp³-hybridized carbons (Fsp3) is 0.290. The van der Waals surface area contributed by atoms with Gasteiger partial charge in [0.05, 0.1) is 43.2 Å². The third-order valence-electron chi connectivity index (χ3n) is 7.12. The van der Waals surface area contributed by atoms with Crippen molar-refractivity contribution in [1.82, 2.24) is 4.90 Å². The lowest BCUT2D eigenvalue weighted by Crippen LogP contribution is -2.50. The van der Waals surface area contributed by atoms with Crippen molar-refractivity contribution in [3.8, 4) is 17.2 Å². The summed E-state index contributed by atoms with van der Waals surface area (Å²) in [5, 5.41) is 9.16. The Labute approximate surface area is 222 Å². The van der Waals surface area contributed by atoms with Crippen LogP contribution in [0.3, 0.4) is 0 Å². The first-order valence-electron chi connectivity index (χ1n) is 12.7. The fourth-order valence-electron chi connectivity index (χ4n) is 5.05. The number of nitrogens with zero attached hydrogens (tertiary/aromatic N) is 2. The largest absolute Gasteiger partial charge is 0.469 e. The molecule has 0 bridgehead atoms. The molecular weight excluding hydrogens is 478 g/mol. The minimum Gasteiger partial charge on any atom is -0.469 e. The highest BCUT2D eigenvalue weighted by Crippen LogP contribution is 2.31. The maximum atomic E-state index is 13.4. The van der Waals surface area contributed by atoms with Crippen LogP contribution in [-0.2, 0) is 20.7 Å². The molecule has 7 heteroatoms. The van der Waals surface area contributed by atoms with Gasteiger partial charge in [0.2, 0.25) is 5.91 Å². The summed E-state index contributed by atoms with van der Waals surface area (Å²) in [7, 11) is 1.30. The van der Waals surface area contributed by atoms with E-state index in [1.54, 1.807) is 29.2 Å². The Morgan fingerprint density at radius 2 is 1.79 bits per heavy atom. The van der Waals surface area contributed by atoms with E-state index in [4.69, 9.17) is 15.7 Å². The number of hydrogen-bond donors (Lipinski definition) is 1. The molecule has 0 spiro atoms. The Morgan fingerprint density at radius 3 is 2.47 bits per heavy atom. The first kappa shape index (κ1) is 26.8. The summed E-state index contributed by atoms with van der Waals surface area (Å²) in [5.41, 5.74) is 10.4. The number of nitrogens with two attached hydrogens (primary N) is 1. The Balaban J connectivity index is 1.49. The molecule has 3 aromatic carbocycles. The van der Waals surface area contributed by atoms with Gasteiger partial charge < -0.3 is 15.4 Å². The second kappa shape index (κ2) is 12.3. The van der Waals surface area contributed by atoms with Crippen molar-refractivity contribution in [3.63, 3.8) is 0 Å². The summed E-state index contributed by atoms with van der Waals surface area (Å²) in [5.74, 6) is -1.43. The number of likely N-dealkylation sites (tertiary alicyclic amines) is 1. The number of amides is 1. The Bertz CT molecular complexity index is 1330. The van der Waals surface area contributed by atoms with Crippen molar-refractivity contribution in [2.24, 2.45) is 11.7 Å². The number of carbonyl (C=O) groups is 3. The number of hydrogen-bond acceptors (Lipinski definition) is 6. The van der Waals surface area contributed by atoms with Crippen LogP contribution in [0.5, 0.6) is 0 Å². The van der Waals surface area contributed by atoms with Crippen molar-refractivity contribution < 1.29 is 19.1 Å². The lowest BCUT2D eigenvalue weighted by Gasteiger charge is -2.29. The van der Waals surface area contributed by atoms with Crippen molar-refractivity contribution >= 4 is 17.7 Å². The molecule has 0 aromatic heterocycles. The van der Waals surface area contributed by atoms with E-state index in [-0.39, 0.29) is 18.1 Å². The number of aryl methyl sites for hydroxylation is 1. The maximum Gasteiger partial charge on any atom is 0.306 e. The average molecular weight is 510 g/mol. The quantitative estimate of drug-likeness (QED) is 0.324. The third-order valence-corrected chi connectivity index (χ3v) is 7.12. The molecule has 0 saturated carbocycles. The first-order valence-corrected chi connectivity index (χ1v) is 12.7. The average Bonchev–Trinajstić information content (AvgIpc) is 3.27. The minimum absolute atomic E-state index is 0.0294. The van der Waals surface area contributed by atoms with Crippen LogP contribution >= 0.6 is 0 Å². The summed E-state index contributed by atoms with van der Waals surface area (Å²) in [6, 6.07) is 25.0. The summed E-state index contributed by atoms with van der Waals surface area (Å²) in [6.07, 6.45) is 1.80. The van der Waals surface area contributed by atoms with Crippen LogP contribution in [-0.4, -0.2) is 48.3 Å². The van der Waals surface area contributed by atoms with Gasteiger partial charge >= 0.3 is 5.97 Å². The number of nitriles is 1. The van der Waals surface area contributed by atoms with E-state index >= 15 is 0 Å². The maximum absolute atomic E-state index is 13.4. The molecule has 1 aliphatic rings. The summed E-state index contributed by atoms with van der Waals surface area (Å²) < 4.78 is 4.78. The number of rotatable bonds is 10. The molecule has 0 aliphatic carbocycles. The van der Waals surface area contributed by atoms with Gasteiger partial charge in [0, 0.05) is 12.1 Å². The van der Waals surface area contributed by atoms with Gasteiger partial charge in [0.25, 0.3) is 0 Å². The molecule has 4 rings (SSSR count). The number of ether oxygens (including phenoxy) is 1. The molecule has 7 nitrogen and oxygen atoms in total. The first-order chi connectivity index (χ1) is 18.4. The topological polar surface area (TPSA) is 113 Å². The number of esters is 1. The predicted molar refractivity (Wildman–Crippen MR) is 144 cm³/mol. The van der Waals surface area contributed by atoms with Gasteiger partial charge in [-0.1, -0.05) is 66.7 Å². The third kappa shape index (κ3) is 6.16. The highest BCUT2D eigenvalue weighted by atomic mass is 16.5. The Hall–Kier alpha value is -4.28. The fourth-order valence-corrected chi connectivity index (χ4v) is 5.05. The monoisotopic (exact) mass is 509 g/mol. The van der Waals surface area contributed by atoms with Crippen molar-refractivity contribution in [3.05, 3.63) is 95.6 Å². The Kier molecular flexibility index (Phi) is 8.67. The zero-order valence-electron chi connectivity index (χ0n) is 21.4. The summed E-state index contributed by atoms with van der Waals surface area (Å²) in [6.45, 7) is 0.450. The van der Waals surface area contributed by atoms with Gasteiger partial charge in [-0.25, -0.2) is 0 Å². The van der Waals surface area contributed by atoms with Gasteiger partial charge in [-0.3, -0.25) is 14.4 Å². The second-order valence-corrected chi connectivity index (χ2v) is 9.56. The SMILES string of the molecule is COC(=O)C[C@@H]1C[C@@H](C(N)C(=O)c2ccc(-c3cccc(C#N)c3)cc2)N(CCCc2ccccc2)C1=O. The zero-order chi connectivity index (χ0) is 27.1. The lowest BCUT2D eigenvalue weighted by atomic mass is 9.92. The number of Topliss-reactive ketones (excluding diaryl/α,β-unsaturated/α-hetero) is 1. The van der Waals surface area contributed by atoms with Crippen molar-refractivity contribution in [2.45, 2.75) is 37.8 Å². The van der Waals surface area contributed by atoms with Crippen LogP contribution in [0.2, 0.25) is 0 Å². The summed E-state index contributed by atoms with van der Waals surface area (Å²) >= 11 is 0. The summed E-state index contributed by atoms with van der Waals surface area (Å²) in [4.78, 5) is 40.3. The van der Waals surface area contributed by atoms with Gasteiger partial charge in [-0.15, -0.1) is 0 Å². The van der Waals surface area contributed by atoms with Gasteiger partial charge in [-0.05, 0) is 48.1 Å². The van der Waals surface area contributed by atoms with Crippen molar-refractivity contribution in [1.29, 1.82) is 5.26 Å². The van der Waals surface area contributed by atoms with E-state index in [0.717, 1.165) is 17.5 Å². The van der Waals surface area contributed by atoms with Crippen molar-refractivity contribution in [2.75, 3.05) is 13.7 Å². The molecule has 1 amide bonds. The van der Waals surface area contributed by atoms with E-state index in [2.05, 4.69) is 6.07 Å². The minimum atomic E-state index is -0.925. The van der Waals surface area contributed by atoms with Crippen LogP contribution in [0, 0.1) is 17.2 Å². The zero-order valence-corrected chi connectivity index (χ0v) is 21.4. The number of benzene rings is 3. The van der Waals surface area contributed by atoms with Crippen LogP contribution in [0.15, 0.2) is 78.9 Å². The molecular formula is C31H31N3O4. The molecule has 194 valence electrons. The molecule has 2 N–H and O–H groups in total. The second-order valence-electron chi connectivity index (χ2n) is 9.56. The lowest BCUT2D eigenvalue weighted by molar-refractivity contribution is -0.144. The highest BCUT2D eigenvalue weighted by molar-refractivity contribution is 6.01. The van der Waals surface area contributed by atoms with Gasteiger partial charge in [-0.2, -0.15) is 5.26 Å². The molecule has 1 heterocycles. The van der Waals surface area contributed by atoms with E-state index in [9.17, 15) is 14.4 Å². The van der Waals surface area contributed by atoms with Crippen LogP contribution in [0.4, 0.5) is 0 Å².